The lowest BCUT2D eigenvalue weighted by molar-refractivity contribution is -0.139. The fourth-order valence-electron chi connectivity index (χ4n) is 1.38. The molecule has 0 unspecified atom stereocenters. The molecule has 0 aliphatic heterocycles. The molecule has 0 fully saturated rings. The van der Waals surface area contributed by atoms with Crippen LogP contribution in [0.3, 0.4) is 0 Å². The summed E-state index contributed by atoms with van der Waals surface area (Å²) in [6.07, 6.45) is 2.74. The van der Waals surface area contributed by atoms with Crippen LogP contribution in [0.15, 0.2) is 12.4 Å². The summed E-state index contributed by atoms with van der Waals surface area (Å²) in [5.41, 5.74) is 0.641. The molecule has 1 heterocycles. The predicted octanol–water partition coefficient (Wildman–Crippen LogP) is 0.453. The van der Waals surface area contributed by atoms with Crippen molar-refractivity contribution in [2.24, 2.45) is 7.05 Å². The summed E-state index contributed by atoms with van der Waals surface area (Å²) < 4.78 is 1.52. The largest absolute Gasteiger partial charge is 0.481 e. The zero-order chi connectivity index (χ0) is 11.4. The Morgan fingerprint density at radius 1 is 1.40 bits per heavy atom. The number of aliphatic carboxylic acids is 2. The molecular formula is C9H12N2O4. The average Bonchev–Trinajstić information content (AvgIpc) is 2.48. The summed E-state index contributed by atoms with van der Waals surface area (Å²) in [6, 6.07) is 0. The summed E-state index contributed by atoms with van der Waals surface area (Å²) >= 11 is 0. The SMILES string of the molecule is Cn1cc(C(CC(=O)O)CC(=O)O)cn1. The van der Waals surface area contributed by atoms with Gasteiger partial charge in [-0.3, -0.25) is 14.3 Å². The van der Waals surface area contributed by atoms with Crippen molar-refractivity contribution in [1.29, 1.82) is 0 Å². The first-order valence-corrected chi connectivity index (χ1v) is 4.41. The van der Waals surface area contributed by atoms with E-state index in [9.17, 15) is 9.59 Å². The first-order chi connectivity index (χ1) is 6.99. The molecule has 2 N–H and O–H groups in total. The predicted molar refractivity (Wildman–Crippen MR) is 50.5 cm³/mol. The lowest BCUT2D eigenvalue weighted by Crippen LogP contribution is -2.10. The summed E-state index contributed by atoms with van der Waals surface area (Å²) in [4.78, 5) is 21.1. The quantitative estimate of drug-likeness (QED) is 0.739. The van der Waals surface area contributed by atoms with Crippen molar-refractivity contribution in [1.82, 2.24) is 9.78 Å². The second-order valence-electron chi connectivity index (χ2n) is 3.34. The minimum atomic E-state index is -1.01. The number of rotatable bonds is 5. The van der Waals surface area contributed by atoms with Gasteiger partial charge in [0.25, 0.3) is 0 Å². The van der Waals surface area contributed by atoms with E-state index in [4.69, 9.17) is 10.2 Å². The van der Waals surface area contributed by atoms with Crippen LogP contribution in [0.5, 0.6) is 0 Å². The number of aryl methyl sites for hydroxylation is 1. The molecule has 0 saturated carbocycles. The van der Waals surface area contributed by atoms with Crippen LogP contribution >= 0.6 is 0 Å². The minimum Gasteiger partial charge on any atom is -0.481 e. The maximum Gasteiger partial charge on any atom is 0.303 e. The van der Waals surface area contributed by atoms with Crippen LogP contribution in [0.2, 0.25) is 0 Å². The highest BCUT2D eigenvalue weighted by atomic mass is 16.4. The van der Waals surface area contributed by atoms with Gasteiger partial charge in [-0.2, -0.15) is 5.10 Å². The van der Waals surface area contributed by atoms with Crippen molar-refractivity contribution in [3.05, 3.63) is 18.0 Å². The third kappa shape index (κ3) is 3.41. The van der Waals surface area contributed by atoms with E-state index in [2.05, 4.69) is 5.10 Å². The van der Waals surface area contributed by atoms with Crippen molar-refractivity contribution < 1.29 is 19.8 Å². The van der Waals surface area contributed by atoms with Crippen LogP contribution in [0, 0.1) is 0 Å². The van der Waals surface area contributed by atoms with Gasteiger partial charge in [0, 0.05) is 19.2 Å². The second-order valence-corrected chi connectivity index (χ2v) is 3.34. The third-order valence-corrected chi connectivity index (χ3v) is 2.04. The normalized spacial score (nSPS) is 10.5. The lowest BCUT2D eigenvalue weighted by atomic mass is 9.95. The molecule has 0 aliphatic carbocycles. The van der Waals surface area contributed by atoms with Gasteiger partial charge in [0.1, 0.15) is 0 Å². The molecule has 82 valence electrons. The number of carboxylic acid groups (broad SMARTS) is 2. The van der Waals surface area contributed by atoms with Gasteiger partial charge in [-0.25, -0.2) is 0 Å². The molecule has 6 heteroatoms. The van der Waals surface area contributed by atoms with E-state index in [0.717, 1.165) is 0 Å². The molecule has 0 bridgehead atoms. The Bertz CT molecular complexity index is 356. The Balaban J connectivity index is 2.80. The van der Waals surface area contributed by atoms with E-state index in [1.807, 2.05) is 0 Å². The van der Waals surface area contributed by atoms with Crippen molar-refractivity contribution in [3.63, 3.8) is 0 Å². The van der Waals surface area contributed by atoms with Gasteiger partial charge in [0.05, 0.1) is 19.0 Å². The van der Waals surface area contributed by atoms with E-state index < -0.39 is 17.9 Å². The molecule has 6 nitrogen and oxygen atoms in total. The highest BCUT2D eigenvalue weighted by molar-refractivity contribution is 5.72. The van der Waals surface area contributed by atoms with Crippen LogP contribution in [-0.2, 0) is 16.6 Å². The maximum absolute atomic E-state index is 10.6. The van der Waals surface area contributed by atoms with Gasteiger partial charge in [0.15, 0.2) is 0 Å². The topological polar surface area (TPSA) is 92.4 Å². The van der Waals surface area contributed by atoms with E-state index in [0.29, 0.717) is 5.56 Å². The summed E-state index contributed by atoms with van der Waals surface area (Å²) in [5, 5.41) is 21.2. The van der Waals surface area contributed by atoms with Gasteiger partial charge in [0.2, 0.25) is 0 Å². The molecule has 0 amide bonds. The van der Waals surface area contributed by atoms with E-state index in [1.54, 1.807) is 13.2 Å². The minimum absolute atomic E-state index is 0.196. The van der Waals surface area contributed by atoms with Gasteiger partial charge in [-0.05, 0) is 5.56 Å². The number of carbonyl (C=O) groups is 2. The molecule has 0 aliphatic rings. The summed E-state index contributed by atoms with van der Waals surface area (Å²) in [6.45, 7) is 0. The molecule has 0 aromatic carbocycles. The maximum atomic E-state index is 10.6. The first-order valence-electron chi connectivity index (χ1n) is 4.41. The summed E-state index contributed by atoms with van der Waals surface area (Å²) in [5.74, 6) is -2.54. The summed E-state index contributed by atoms with van der Waals surface area (Å²) in [7, 11) is 1.70. The fourth-order valence-corrected chi connectivity index (χ4v) is 1.38. The van der Waals surface area contributed by atoms with Crippen LogP contribution in [0.4, 0.5) is 0 Å². The Morgan fingerprint density at radius 2 is 1.93 bits per heavy atom. The Hall–Kier alpha value is -1.85. The average molecular weight is 212 g/mol. The lowest BCUT2D eigenvalue weighted by Gasteiger charge is -2.09. The van der Waals surface area contributed by atoms with Crippen molar-refractivity contribution in [2.75, 3.05) is 0 Å². The van der Waals surface area contributed by atoms with E-state index in [1.165, 1.54) is 10.9 Å². The second kappa shape index (κ2) is 4.59. The number of hydrogen-bond donors (Lipinski definition) is 2. The Labute approximate surface area is 86.1 Å². The third-order valence-electron chi connectivity index (χ3n) is 2.04. The van der Waals surface area contributed by atoms with Crippen molar-refractivity contribution in [2.45, 2.75) is 18.8 Å². The molecule has 1 aromatic heterocycles. The molecule has 0 atom stereocenters. The van der Waals surface area contributed by atoms with Crippen LogP contribution in [-0.4, -0.2) is 31.9 Å². The highest BCUT2D eigenvalue weighted by Gasteiger charge is 2.20. The number of aromatic nitrogens is 2. The monoisotopic (exact) mass is 212 g/mol. The van der Waals surface area contributed by atoms with Gasteiger partial charge < -0.3 is 10.2 Å². The molecule has 15 heavy (non-hydrogen) atoms. The number of carboxylic acids is 2. The zero-order valence-electron chi connectivity index (χ0n) is 8.25. The van der Waals surface area contributed by atoms with Crippen molar-refractivity contribution in [3.8, 4) is 0 Å². The molecule has 1 rings (SSSR count). The highest BCUT2D eigenvalue weighted by Crippen LogP contribution is 2.22. The van der Waals surface area contributed by atoms with E-state index >= 15 is 0 Å². The smallest absolute Gasteiger partial charge is 0.303 e. The van der Waals surface area contributed by atoms with Gasteiger partial charge in [-0.1, -0.05) is 0 Å². The van der Waals surface area contributed by atoms with Crippen LogP contribution < -0.4 is 0 Å². The first kappa shape index (κ1) is 11.2. The molecule has 0 spiro atoms. The molecular weight excluding hydrogens is 200 g/mol. The molecule has 0 radical (unpaired) electrons. The number of hydrogen-bond acceptors (Lipinski definition) is 3. The zero-order valence-corrected chi connectivity index (χ0v) is 8.25. The Kier molecular flexibility index (Phi) is 3.43. The fraction of sp³-hybridized carbons (Fsp3) is 0.444. The molecule has 1 aromatic rings. The standard InChI is InChI=1S/C9H12N2O4/c1-11-5-7(4-10-11)6(2-8(12)13)3-9(14)15/h4-6H,2-3H2,1H3,(H,12,13)(H,14,15). The Morgan fingerprint density at radius 3 is 2.27 bits per heavy atom. The van der Waals surface area contributed by atoms with E-state index in [-0.39, 0.29) is 12.8 Å². The van der Waals surface area contributed by atoms with Gasteiger partial charge >= 0.3 is 11.9 Å². The molecule has 0 saturated heterocycles. The number of nitrogens with zero attached hydrogens (tertiary/aromatic N) is 2. The van der Waals surface area contributed by atoms with Crippen LogP contribution in [0.25, 0.3) is 0 Å². The van der Waals surface area contributed by atoms with Crippen LogP contribution in [0.1, 0.15) is 24.3 Å². The van der Waals surface area contributed by atoms with Crippen molar-refractivity contribution >= 4 is 11.9 Å². The van der Waals surface area contributed by atoms with Gasteiger partial charge in [-0.15, -0.1) is 0 Å².